The number of aryl methyl sites for hydroxylation is 1. The first kappa shape index (κ1) is 16.0. The number of hydrogen-bond donors (Lipinski definition) is 1. The van der Waals surface area contributed by atoms with Crippen molar-refractivity contribution < 1.29 is 9.53 Å². The minimum atomic E-state index is -0.286. The van der Waals surface area contributed by atoms with Gasteiger partial charge in [0.05, 0.1) is 18.4 Å². The van der Waals surface area contributed by atoms with Crippen LogP contribution in [0, 0.1) is 5.92 Å². The fourth-order valence-electron chi connectivity index (χ4n) is 2.29. The van der Waals surface area contributed by atoms with Crippen LogP contribution in [-0.4, -0.2) is 35.4 Å². The van der Waals surface area contributed by atoms with Crippen molar-refractivity contribution in [1.29, 1.82) is 0 Å². The van der Waals surface area contributed by atoms with Gasteiger partial charge < -0.3 is 10.1 Å². The summed E-state index contributed by atoms with van der Waals surface area (Å²) in [6.07, 6.45) is 6.98. The fourth-order valence-corrected chi connectivity index (χ4v) is 2.29. The summed E-state index contributed by atoms with van der Waals surface area (Å²) in [6, 6.07) is 0. The molecule has 0 spiro atoms. The van der Waals surface area contributed by atoms with Gasteiger partial charge in [-0.2, -0.15) is 5.10 Å². The highest BCUT2D eigenvalue weighted by molar-refractivity contribution is 5.88. The molecule has 0 bridgehead atoms. The smallest absolute Gasteiger partial charge is 0.341 e. The molecule has 0 saturated carbocycles. The van der Waals surface area contributed by atoms with E-state index in [4.69, 9.17) is 4.74 Å². The Hall–Kier alpha value is -1.07. The summed E-state index contributed by atoms with van der Waals surface area (Å²) >= 11 is 0. The highest BCUT2D eigenvalue weighted by Crippen LogP contribution is 2.16. The molecule has 1 saturated heterocycles. The standard InChI is InChI=1S/C13H21N3O2.ClH/c1-2-18-13(17)12-9-15-16(10-12)8-5-11-3-6-14-7-4-11;/h9-11,14H,2-8H2,1H3;1H. The lowest BCUT2D eigenvalue weighted by Gasteiger charge is -2.22. The van der Waals surface area contributed by atoms with Crippen LogP contribution >= 0.6 is 12.4 Å². The van der Waals surface area contributed by atoms with E-state index < -0.39 is 0 Å². The van der Waals surface area contributed by atoms with Crippen molar-refractivity contribution in [3.8, 4) is 0 Å². The first-order valence-electron chi connectivity index (χ1n) is 6.70. The summed E-state index contributed by atoms with van der Waals surface area (Å²) < 4.78 is 6.78. The summed E-state index contributed by atoms with van der Waals surface area (Å²) in [6.45, 7) is 5.33. The molecule has 2 rings (SSSR count). The summed E-state index contributed by atoms with van der Waals surface area (Å²) in [5, 5.41) is 7.57. The first-order chi connectivity index (χ1) is 8.79. The molecular formula is C13H22ClN3O2. The Morgan fingerprint density at radius 2 is 2.26 bits per heavy atom. The molecule has 6 heteroatoms. The third kappa shape index (κ3) is 4.84. The molecule has 1 aliphatic heterocycles. The SMILES string of the molecule is CCOC(=O)c1cnn(CCC2CCNCC2)c1.Cl. The number of halogens is 1. The number of nitrogens with one attached hydrogen (secondary N) is 1. The van der Waals surface area contributed by atoms with Gasteiger partial charge in [0.15, 0.2) is 0 Å². The average molecular weight is 288 g/mol. The molecule has 0 unspecified atom stereocenters. The van der Waals surface area contributed by atoms with E-state index in [1.807, 2.05) is 4.68 Å². The number of nitrogens with zero attached hydrogens (tertiary/aromatic N) is 2. The molecule has 5 nitrogen and oxygen atoms in total. The van der Waals surface area contributed by atoms with E-state index in [0.717, 1.165) is 32.0 Å². The molecule has 1 fully saturated rings. The monoisotopic (exact) mass is 287 g/mol. The second-order valence-electron chi connectivity index (χ2n) is 4.69. The molecule has 1 aromatic rings. The van der Waals surface area contributed by atoms with E-state index in [-0.39, 0.29) is 18.4 Å². The number of carbonyl (C=O) groups is 1. The minimum absolute atomic E-state index is 0. The fraction of sp³-hybridized carbons (Fsp3) is 0.692. The van der Waals surface area contributed by atoms with Crippen LogP contribution < -0.4 is 5.32 Å². The molecule has 108 valence electrons. The van der Waals surface area contributed by atoms with Crippen molar-refractivity contribution in [3.63, 3.8) is 0 Å². The second kappa shape index (κ2) is 8.17. The Morgan fingerprint density at radius 3 is 2.95 bits per heavy atom. The van der Waals surface area contributed by atoms with E-state index in [1.165, 1.54) is 12.8 Å². The maximum Gasteiger partial charge on any atom is 0.341 e. The molecule has 0 amide bonds. The molecule has 1 aromatic heterocycles. The van der Waals surface area contributed by atoms with Crippen LogP contribution in [0.15, 0.2) is 12.4 Å². The van der Waals surface area contributed by atoms with Crippen LogP contribution in [0.3, 0.4) is 0 Å². The molecule has 2 heterocycles. The molecule has 0 radical (unpaired) electrons. The Balaban J connectivity index is 0.00000180. The van der Waals surface area contributed by atoms with E-state index >= 15 is 0 Å². The zero-order valence-electron chi connectivity index (χ0n) is 11.3. The van der Waals surface area contributed by atoms with Gasteiger partial charge in [-0.05, 0) is 45.2 Å². The number of piperidine rings is 1. The minimum Gasteiger partial charge on any atom is -0.462 e. The lowest BCUT2D eigenvalue weighted by atomic mass is 9.95. The van der Waals surface area contributed by atoms with Crippen molar-refractivity contribution in [2.24, 2.45) is 5.92 Å². The summed E-state index contributed by atoms with van der Waals surface area (Å²) in [7, 11) is 0. The number of esters is 1. The van der Waals surface area contributed by atoms with Crippen molar-refractivity contribution in [3.05, 3.63) is 18.0 Å². The number of ether oxygens (including phenoxy) is 1. The second-order valence-corrected chi connectivity index (χ2v) is 4.69. The quantitative estimate of drug-likeness (QED) is 0.840. The van der Waals surface area contributed by atoms with Crippen molar-refractivity contribution >= 4 is 18.4 Å². The third-order valence-electron chi connectivity index (χ3n) is 3.37. The van der Waals surface area contributed by atoms with Gasteiger partial charge in [-0.3, -0.25) is 4.68 Å². The largest absolute Gasteiger partial charge is 0.462 e. The lowest BCUT2D eigenvalue weighted by molar-refractivity contribution is 0.0526. The lowest BCUT2D eigenvalue weighted by Crippen LogP contribution is -2.28. The van der Waals surface area contributed by atoms with Gasteiger partial charge >= 0.3 is 5.97 Å². The van der Waals surface area contributed by atoms with Gasteiger partial charge in [-0.15, -0.1) is 12.4 Å². The van der Waals surface area contributed by atoms with Crippen LogP contribution in [0.5, 0.6) is 0 Å². The first-order valence-corrected chi connectivity index (χ1v) is 6.70. The van der Waals surface area contributed by atoms with Crippen LogP contribution in [0.25, 0.3) is 0 Å². The topological polar surface area (TPSA) is 56.1 Å². The third-order valence-corrected chi connectivity index (χ3v) is 3.37. The molecule has 0 atom stereocenters. The highest BCUT2D eigenvalue weighted by atomic mass is 35.5. The van der Waals surface area contributed by atoms with E-state index in [9.17, 15) is 4.79 Å². The van der Waals surface area contributed by atoms with Gasteiger partial charge in [0.25, 0.3) is 0 Å². The maximum absolute atomic E-state index is 11.5. The zero-order chi connectivity index (χ0) is 12.8. The summed E-state index contributed by atoms with van der Waals surface area (Å²) in [5.41, 5.74) is 0.544. The van der Waals surface area contributed by atoms with Crippen LogP contribution in [0.1, 0.15) is 36.5 Å². The number of aromatic nitrogens is 2. The van der Waals surface area contributed by atoms with Gasteiger partial charge in [-0.1, -0.05) is 0 Å². The number of carbonyl (C=O) groups excluding carboxylic acids is 1. The predicted molar refractivity (Wildman–Crippen MR) is 75.6 cm³/mol. The van der Waals surface area contributed by atoms with Gasteiger partial charge in [-0.25, -0.2) is 4.79 Å². The number of hydrogen-bond acceptors (Lipinski definition) is 4. The molecule has 19 heavy (non-hydrogen) atoms. The molecule has 1 aliphatic rings. The van der Waals surface area contributed by atoms with Crippen molar-refractivity contribution in [2.45, 2.75) is 32.7 Å². The molecule has 1 N–H and O–H groups in total. The van der Waals surface area contributed by atoms with Gasteiger partial charge in [0.2, 0.25) is 0 Å². The zero-order valence-corrected chi connectivity index (χ0v) is 12.1. The normalized spacial score (nSPS) is 15.8. The van der Waals surface area contributed by atoms with E-state index in [1.54, 1.807) is 19.3 Å². The van der Waals surface area contributed by atoms with Crippen LogP contribution in [-0.2, 0) is 11.3 Å². The van der Waals surface area contributed by atoms with E-state index in [2.05, 4.69) is 10.4 Å². The van der Waals surface area contributed by atoms with E-state index in [0.29, 0.717) is 12.2 Å². The molecule has 0 aliphatic carbocycles. The molecular weight excluding hydrogens is 266 g/mol. The maximum atomic E-state index is 11.5. The van der Waals surface area contributed by atoms with Crippen LogP contribution in [0.2, 0.25) is 0 Å². The van der Waals surface area contributed by atoms with Crippen molar-refractivity contribution in [1.82, 2.24) is 15.1 Å². The Kier molecular flexibility index (Phi) is 6.87. The van der Waals surface area contributed by atoms with Gasteiger partial charge in [0, 0.05) is 12.7 Å². The van der Waals surface area contributed by atoms with Crippen LogP contribution in [0.4, 0.5) is 0 Å². The Labute approximate surface area is 120 Å². The highest BCUT2D eigenvalue weighted by Gasteiger charge is 2.14. The molecule has 0 aromatic carbocycles. The predicted octanol–water partition coefficient (Wildman–Crippen LogP) is 1.87. The summed E-state index contributed by atoms with van der Waals surface area (Å²) in [4.78, 5) is 11.5. The van der Waals surface area contributed by atoms with Gasteiger partial charge in [0.1, 0.15) is 0 Å². The summed E-state index contributed by atoms with van der Waals surface area (Å²) in [5.74, 6) is 0.493. The Morgan fingerprint density at radius 1 is 1.53 bits per heavy atom. The Bertz CT molecular complexity index is 389. The number of rotatable bonds is 5. The average Bonchev–Trinajstić information content (AvgIpc) is 2.87. The van der Waals surface area contributed by atoms with Crippen molar-refractivity contribution in [2.75, 3.05) is 19.7 Å².